The minimum atomic E-state index is -0.446. The molecule has 0 saturated carbocycles. The van der Waals surface area contributed by atoms with Crippen molar-refractivity contribution >= 4 is 17.4 Å². The molecule has 0 aliphatic rings. The Bertz CT molecular complexity index is 1190. The van der Waals surface area contributed by atoms with E-state index in [4.69, 9.17) is 11.6 Å². The van der Waals surface area contributed by atoms with Crippen LogP contribution in [0.25, 0.3) is 22.4 Å². The molecule has 0 amide bonds. The van der Waals surface area contributed by atoms with E-state index in [2.05, 4.69) is 44.6 Å². The molecule has 1 N–H and O–H groups in total. The largest absolute Gasteiger partial charge is 0.370 e. The molecule has 0 atom stereocenters. The van der Waals surface area contributed by atoms with Gasteiger partial charge in [0.2, 0.25) is 0 Å². The van der Waals surface area contributed by atoms with Crippen LogP contribution in [0.5, 0.6) is 0 Å². The van der Waals surface area contributed by atoms with Crippen LogP contribution in [0.3, 0.4) is 0 Å². The summed E-state index contributed by atoms with van der Waals surface area (Å²) in [5, 5.41) is 7.67. The Morgan fingerprint density at radius 3 is 2.67 bits per heavy atom. The summed E-state index contributed by atoms with van der Waals surface area (Å²) < 4.78 is 15.3. The number of hydrogen-bond acceptors (Lipinski definition) is 4. The molecule has 0 unspecified atom stereocenters. The van der Waals surface area contributed by atoms with Crippen LogP contribution in [0.2, 0.25) is 5.02 Å². The van der Waals surface area contributed by atoms with Gasteiger partial charge in [0.15, 0.2) is 0 Å². The fourth-order valence-corrected chi connectivity index (χ4v) is 3.45. The minimum absolute atomic E-state index is 0.0757. The number of halogens is 2. The van der Waals surface area contributed by atoms with Crippen LogP contribution in [0.1, 0.15) is 11.4 Å². The van der Waals surface area contributed by atoms with Crippen molar-refractivity contribution in [2.75, 3.05) is 11.9 Å². The maximum absolute atomic E-state index is 13.5. The summed E-state index contributed by atoms with van der Waals surface area (Å²) in [5.41, 5.74) is 4.92. The van der Waals surface area contributed by atoms with E-state index in [9.17, 15) is 4.39 Å². The van der Waals surface area contributed by atoms with Crippen molar-refractivity contribution in [1.29, 1.82) is 0 Å². The van der Waals surface area contributed by atoms with Gasteiger partial charge >= 0.3 is 0 Å². The average Bonchev–Trinajstić information content (AvgIpc) is 3.16. The Labute approximate surface area is 179 Å². The minimum Gasteiger partial charge on any atom is -0.370 e. The zero-order chi connectivity index (χ0) is 21.1. The molecular weight excluding hydrogens is 401 g/mol. The van der Waals surface area contributed by atoms with Crippen LogP contribution in [0.15, 0.2) is 60.9 Å². The highest BCUT2D eigenvalue weighted by Crippen LogP contribution is 2.25. The number of aryl methyl sites for hydroxylation is 2. The van der Waals surface area contributed by atoms with E-state index in [0.717, 1.165) is 35.5 Å². The smallest absolute Gasteiger partial charge is 0.141 e. The van der Waals surface area contributed by atoms with Gasteiger partial charge in [0.25, 0.3) is 0 Å². The lowest BCUT2D eigenvalue weighted by atomic mass is 10.0. The van der Waals surface area contributed by atoms with Crippen molar-refractivity contribution < 1.29 is 4.39 Å². The van der Waals surface area contributed by atoms with Crippen molar-refractivity contribution in [3.05, 3.63) is 83.2 Å². The van der Waals surface area contributed by atoms with Gasteiger partial charge in [0.05, 0.1) is 16.9 Å². The van der Waals surface area contributed by atoms with E-state index < -0.39 is 5.82 Å². The molecule has 0 spiro atoms. The maximum atomic E-state index is 13.5. The van der Waals surface area contributed by atoms with Crippen LogP contribution in [-0.4, -0.2) is 26.3 Å². The molecule has 152 valence electrons. The molecule has 0 aliphatic carbocycles. The summed E-state index contributed by atoms with van der Waals surface area (Å²) >= 11 is 5.91. The number of anilines is 1. The second-order valence-corrected chi connectivity index (χ2v) is 7.50. The molecular formula is C23H21ClFN5. The third-order valence-corrected chi connectivity index (χ3v) is 5.03. The molecule has 4 rings (SSSR count). The highest BCUT2D eigenvalue weighted by molar-refractivity contribution is 6.31. The Morgan fingerprint density at radius 2 is 1.90 bits per heavy atom. The van der Waals surface area contributed by atoms with Gasteiger partial charge in [-0.2, -0.15) is 5.10 Å². The highest BCUT2D eigenvalue weighted by Gasteiger charge is 2.08. The molecule has 5 nitrogen and oxygen atoms in total. The lowest BCUT2D eigenvalue weighted by Gasteiger charge is -2.10. The van der Waals surface area contributed by atoms with Crippen molar-refractivity contribution in [3.8, 4) is 22.4 Å². The second-order valence-electron chi connectivity index (χ2n) is 7.09. The van der Waals surface area contributed by atoms with E-state index in [0.29, 0.717) is 11.5 Å². The Hall–Kier alpha value is -3.25. The third-order valence-electron chi connectivity index (χ3n) is 4.74. The maximum Gasteiger partial charge on any atom is 0.141 e. The van der Waals surface area contributed by atoms with Crippen LogP contribution in [0.4, 0.5) is 10.2 Å². The molecule has 0 fully saturated rings. The number of hydrogen-bond donors (Lipinski definition) is 1. The number of nitrogens with zero attached hydrogens (tertiary/aromatic N) is 4. The molecule has 7 heteroatoms. The summed E-state index contributed by atoms with van der Waals surface area (Å²) in [4.78, 5) is 8.91. The molecule has 0 saturated heterocycles. The second kappa shape index (κ2) is 8.63. The summed E-state index contributed by atoms with van der Waals surface area (Å²) in [7, 11) is 1.91. The van der Waals surface area contributed by atoms with Crippen molar-refractivity contribution in [2.24, 2.45) is 7.05 Å². The van der Waals surface area contributed by atoms with Crippen LogP contribution in [-0.2, 0) is 13.5 Å². The van der Waals surface area contributed by atoms with Gasteiger partial charge in [-0.3, -0.25) is 4.68 Å². The lowest BCUT2D eigenvalue weighted by Crippen LogP contribution is -2.08. The van der Waals surface area contributed by atoms with Gasteiger partial charge in [-0.15, -0.1) is 0 Å². The van der Waals surface area contributed by atoms with Crippen molar-refractivity contribution in [1.82, 2.24) is 19.7 Å². The van der Waals surface area contributed by atoms with E-state index in [1.807, 2.05) is 32.4 Å². The highest BCUT2D eigenvalue weighted by atomic mass is 35.5. The average molecular weight is 422 g/mol. The predicted octanol–water partition coefficient (Wildman–Crippen LogP) is 5.30. The SMILES string of the molecule is Cc1nc(NCCc2cccc(-c3cnn(C)c3)c2)cc(-c2ccc(F)c(Cl)c2)n1. The Morgan fingerprint density at radius 1 is 1.03 bits per heavy atom. The van der Waals surface area contributed by atoms with Gasteiger partial charge in [0, 0.05) is 37.0 Å². The standard InChI is InChI=1S/C23H21ClFN5/c1-15-28-22(18-6-7-21(25)20(24)11-18)12-23(29-15)26-9-8-16-4-3-5-17(10-16)19-13-27-30(2)14-19/h3-7,10-14H,8-9H2,1-2H3,(H,26,28,29). The van der Waals surface area contributed by atoms with Gasteiger partial charge in [0.1, 0.15) is 17.5 Å². The summed E-state index contributed by atoms with van der Waals surface area (Å²) in [6, 6.07) is 14.9. The summed E-state index contributed by atoms with van der Waals surface area (Å²) in [6.45, 7) is 2.55. The van der Waals surface area contributed by atoms with E-state index in [1.54, 1.807) is 16.8 Å². The number of nitrogens with one attached hydrogen (secondary N) is 1. The zero-order valence-electron chi connectivity index (χ0n) is 16.7. The van der Waals surface area contributed by atoms with Gasteiger partial charge in [-0.1, -0.05) is 35.9 Å². The van der Waals surface area contributed by atoms with Gasteiger partial charge < -0.3 is 5.32 Å². The molecule has 4 aromatic rings. The fraction of sp³-hybridized carbons (Fsp3) is 0.174. The first-order valence-corrected chi connectivity index (χ1v) is 9.99. The van der Waals surface area contributed by atoms with Crippen LogP contribution >= 0.6 is 11.6 Å². The van der Waals surface area contributed by atoms with Gasteiger partial charge in [-0.25, -0.2) is 14.4 Å². The number of rotatable bonds is 6. The van der Waals surface area contributed by atoms with E-state index >= 15 is 0 Å². The predicted molar refractivity (Wildman–Crippen MR) is 118 cm³/mol. The molecule has 30 heavy (non-hydrogen) atoms. The van der Waals surface area contributed by atoms with Crippen molar-refractivity contribution in [2.45, 2.75) is 13.3 Å². The molecule has 0 aliphatic heterocycles. The molecule has 0 bridgehead atoms. The number of aromatic nitrogens is 4. The molecule has 0 radical (unpaired) electrons. The van der Waals surface area contributed by atoms with E-state index in [-0.39, 0.29) is 5.02 Å². The zero-order valence-corrected chi connectivity index (χ0v) is 17.5. The first-order chi connectivity index (χ1) is 14.5. The Kier molecular flexibility index (Phi) is 5.77. The fourth-order valence-electron chi connectivity index (χ4n) is 3.27. The van der Waals surface area contributed by atoms with Gasteiger partial charge in [-0.05, 0) is 42.7 Å². The molecule has 2 aromatic carbocycles. The third kappa shape index (κ3) is 4.66. The van der Waals surface area contributed by atoms with Crippen molar-refractivity contribution in [3.63, 3.8) is 0 Å². The first kappa shape index (κ1) is 20.0. The first-order valence-electron chi connectivity index (χ1n) is 9.61. The molecule has 2 aromatic heterocycles. The quantitative estimate of drug-likeness (QED) is 0.459. The Balaban J connectivity index is 1.45. The van der Waals surface area contributed by atoms with Crippen LogP contribution in [0, 0.1) is 12.7 Å². The van der Waals surface area contributed by atoms with E-state index in [1.165, 1.54) is 11.6 Å². The monoisotopic (exact) mass is 421 g/mol. The topological polar surface area (TPSA) is 55.6 Å². The lowest BCUT2D eigenvalue weighted by molar-refractivity contribution is 0.628. The normalized spacial score (nSPS) is 10.9. The molecule has 2 heterocycles. The van der Waals surface area contributed by atoms with Crippen LogP contribution < -0.4 is 5.32 Å². The summed E-state index contributed by atoms with van der Waals surface area (Å²) in [5.74, 6) is 0.911. The number of benzene rings is 2. The summed E-state index contributed by atoms with van der Waals surface area (Å²) in [6.07, 6.45) is 4.71.